The van der Waals surface area contributed by atoms with E-state index in [1.54, 1.807) is 41.6 Å². The lowest BCUT2D eigenvalue weighted by molar-refractivity contribution is -0.143. The molecule has 1 aliphatic heterocycles. The number of likely N-dealkylation sites (tertiary alicyclic amines) is 1. The van der Waals surface area contributed by atoms with E-state index in [9.17, 15) is 31.1 Å². The number of alkyl halides is 6. The van der Waals surface area contributed by atoms with Gasteiger partial charge in [-0.15, -0.1) is 5.10 Å². The van der Waals surface area contributed by atoms with E-state index in [2.05, 4.69) is 10.3 Å². The van der Waals surface area contributed by atoms with Crippen molar-refractivity contribution in [3.63, 3.8) is 0 Å². The first-order valence-corrected chi connectivity index (χ1v) is 12.2. The third-order valence-electron chi connectivity index (χ3n) is 6.52. The molecule has 1 aliphatic rings. The number of nitrogens with zero attached hydrogens (tertiary/aromatic N) is 5. The number of aromatic nitrogens is 4. The van der Waals surface area contributed by atoms with Gasteiger partial charge < -0.3 is 9.47 Å². The minimum atomic E-state index is -4.99. The summed E-state index contributed by atoms with van der Waals surface area (Å²) in [5.41, 5.74) is -2.50. The van der Waals surface area contributed by atoms with E-state index < -0.39 is 35.9 Å². The molecule has 1 amide bonds. The standard InChI is InChI=1S/C26H20ClF6N5O/c27-20-7-2-1-6-19(20)21-8-5-11-37(21)24(39)22-23(36-9-3-4-10-36)38(35-34-22)15-16-12-17(25(28,29)30)14-18(13-16)26(31,32)33/h1-4,6-7,9-10,12-14,21H,5,8,11,15H2/t21-/m1/s1. The molecule has 5 rings (SSSR count). The third kappa shape index (κ3) is 5.38. The van der Waals surface area contributed by atoms with Crippen LogP contribution in [0.5, 0.6) is 0 Å². The highest BCUT2D eigenvalue weighted by molar-refractivity contribution is 6.31. The van der Waals surface area contributed by atoms with Crippen molar-refractivity contribution < 1.29 is 31.1 Å². The van der Waals surface area contributed by atoms with Gasteiger partial charge in [0.25, 0.3) is 5.91 Å². The number of halogens is 7. The van der Waals surface area contributed by atoms with Gasteiger partial charge in [-0.05, 0) is 60.4 Å². The van der Waals surface area contributed by atoms with E-state index in [4.69, 9.17) is 11.6 Å². The fourth-order valence-corrected chi connectivity index (χ4v) is 5.04. The lowest BCUT2D eigenvalue weighted by Gasteiger charge is -2.25. The number of carbonyl (C=O) groups excluding carboxylic acids is 1. The Kier molecular flexibility index (Phi) is 6.91. The number of amides is 1. The summed E-state index contributed by atoms with van der Waals surface area (Å²) in [6, 6.07) is 11.4. The highest BCUT2D eigenvalue weighted by atomic mass is 35.5. The van der Waals surface area contributed by atoms with Crippen LogP contribution in [-0.4, -0.2) is 36.9 Å². The highest BCUT2D eigenvalue weighted by Gasteiger charge is 2.38. The highest BCUT2D eigenvalue weighted by Crippen LogP contribution is 2.38. The van der Waals surface area contributed by atoms with Gasteiger partial charge in [0.2, 0.25) is 0 Å². The molecule has 0 spiro atoms. The summed E-state index contributed by atoms with van der Waals surface area (Å²) in [5, 5.41) is 8.50. The molecule has 0 unspecified atom stereocenters. The topological polar surface area (TPSA) is 56.0 Å². The predicted octanol–water partition coefficient (Wildman–Crippen LogP) is 6.79. The summed E-state index contributed by atoms with van der Waals surface area (Å²) in [5.74, 6) is -0.367. The Balaban J connectivity index is 1.55. The van der Waals surface area contributed by atoms with Crippen molar-refractivity contribution in [2.75, 3.05) is 6.54 Å². The maximum Gasteiger partial charge on any atom is 0.416 e. The second kappa shape index (κ2) is 10.1. The molecule has 0 saturated carbocycles. The van der Waals surface area contributed by atoms with Crippen molar-refractivity contribution in [1.29, 1.82) is 0 Å². The van der Waals surface area contributed by atoms with Crippen LogP contribution in [0.15, 0.2) is 67.0 Å². The molecular weight excluding hydrogens is 548 g/mol. The van der Waals surface area contributed by atoms with Crippen molar-refractivity contribution >= 4 is 17.5 Å². The lowest BCUT2D eigenvalue weighted by Crippen LogP contribution is -2.32. The maximum absolute atomic E-state index is 13.8. The molecule has 0 N–H and O–H groups in total. The molecule has 0 bridgehead atoms. The Labute approximate surface area is 223 Å². The molecule has 0 aliphatic carbocycles. The minimum Gasteiger partial charge on any atom is -0.330 e. The fraction of sp³-hybridized carbons (Fsp3) is 0.269. The minimum absolute atomic E-state index is 0.0644. The van der Waals surface area contributed by atoms with Crippen LogP contribution < -0.4 is 0 Å². The van der Waals surface area contributed by atoms with Gasteiger partial charge in [0, 0.05) is 24.0 Å². The normalized spacial score (nSPS) is 16.2. The molecule has 204 valence electrons. The quantitative estimate of drug-likeness (QED) is 0.250. The van der Waals surface area contributed by atoms with Crippen molar-refractivity contribution in [3.8, 4) is 5.82 Å². The molecule has 4 aromatic rings. The fourth-order valence-electron chi connectivity index (χ4n) is 4.78. The van der Waals surface area contributed by atoms with E-state index in [0.717, 1.165) is 10.2 Å². The zero-order valence-corrected chi connectivity index (χ0v) is 20.8. The second-order valence-electron chi connectivity index (χ2n) is 9.10. The number of benzene rings is 2. The first kappa shape index (κ1) is 26.8. The van der Waals surface area contributed by atoms with Crippen molar-refractivity contribution in [2.24, 2.45) is 0 Å². The number of hydrogen-bond acceptors (Lipinski definition) is 3. The van der Waals surface area contributed by atoms with Gasteiger partial charge in [-0.3, -0.25) is 4.79 Å². The summed E-state index contributed by atoms with van der Waals surface area (Å²) in [6.07, 6.45) is -5.46. The van der Waals surface area contributed by atoms with E-state index in [-0.39, 0.29) is 29.2 Å². The van der Waals surface area contributed by atoms with E-state index in [1.165, 1.54) is 4.57 Å². The Morgan fingerprint density at radius 3 is 2.21 bits per heavy atom. The van der Waals surface area contributed by atoms with Gasteiger partial charge in [-0.1, -0.05) is 35.0 Å². The SMILES string of the molecule is O=C(c1nnn(Cc2cc(C(F)(F)F)cc(C(F)(F)F)c2)c1-n1cccc1)N1CCC[C@@H]1c1ccccc1Cl. The predicted molar refractivity (Wildman–Crippen MR) is 129 cm³/mol. The average molecular weight is 568 g/mol. The van der Waals surface area contributed by atoms with Crippen LogP contribution in [-0.2, 0) is 18.9 Å². The second-order valence-corrected chi connectivity index (χ2v) is 9.51. The van der Waals surface area contributed by atoms with Crippen LogP contribution in [0.2, 0.25) is 5.02 Å². The zero-order valence-electron chi connectivity index (χ0n) is 20.0. The molecule has 1 saturated heterocycles. The van der Waals surface area contributed by atoms with Crippen LogP contribution in [0, 0.1) is 0 Å². The van der Waals surface area contributed by atoms with Crippen molar-refractivity contribution in [3.05, 3.63) is 100.0 Å². The molecular formula is C26H20ClF6N5O. The number of carbonyl (C=O) groups is 1. The Hall–Kier alpha value is -3.80. The summed E-state index contributed by atoms with van der Waals surface area (Å²) in [4.78, 5) is 15.4. The maximum atomic E-state index is 13.8. The van der Waals surface area contributed by atoms with Crippen molar-refractivity contribution in [2.45, 2.75) is 37.8 Å². The van der Waals surface area contributed by atoms with Gasteiger partial charge in [0.1, 0.15) is 0 Å². The third-order valence-corrected chi connectivity index (χ3v) is 6.86. The van der Waals surface area contributed by atoms with Crippen LogP contribution in [0.4, 0.5) is 26.3 Å². The Morgan fingerprint density at radius 2 is 1.59 bits per heavy atom. The molecule has 6 nitrogen and oxygen atoms in total. The summed E-state index contributed by atoms with van der Waals surface area (Å²) in [7, 11) is 0. The average Bonchev–Trinajstić information content (AvgIpc) is 3.63. The van der Waals surface area contributed by atoms with Crippen LogP contribution in [0.3, 0.4) is 0 Å². The monoisotopic (exact) mass is 567 g/mol. The van der Waals surface area contributed by atoms with E-state index in [0.29, 0.717) is 36.5 Å². The molecule has 1 atom stereocenters. The molecule has 2 aromatic carbocycles. The van der Waals surface area contributed by atoms with Gasteiger partial charge in [-0.2, -0.15) is 26.3 Å². The van der Waals surface area contributed by atoms with Gasteiger partial charge >= 0.3 is 12.4 Å². The number of hydrogen-bond donors (Lipinski definition) is 0. The summed E-state index contributed by atoms with van der Waals surface area (Å²) in [6.45, 7) is -0.0794. The van der Waals surface area contributed by atoms with Crippen molar-refractivity contribution in [1.82, 2.24) is 24.5 Å². The molecule has 2 aromatic heterocycles. The molecule has 3 heterocycles. The van der Waals surface area contributed by atoms with E-state index >= 15 is 0 Å². The number of rotatable bonds is 5. The molecule has 0 radical (unpaired) electrons. The Morgan fingerprint density at radius 1 is 0.949 bits per heavy atom. The van der Waals surface area contributed by atoms with Gasteiger partial charge in [0.15, 0.2) is 11.5 Å². The van der Waals surface area contributed by atoms with Gasteiger partial charge in [-0.25, -0.2) is 4.68 Å². The molecule has 1 fully saturated rings. The molecule has 13 heteroatoms. The molecule has 39 heavy (non-hydrogen) atoms. The smallest absolute Gasteiger partial charge is 0.330 e. The van der Waals surface area contributed by atoms with Crippen LogP contribution in [0.25, 0.3) is 5.82 Å². The lowest BCUT2D eigenvalue weighted by atomic mass is 10.0. The summed E-state index contributed by atoms with van der Waals surface area (Å²) >= 11 is 6.38. The Bertz CT molecular complexity index is 1460. The summed E-state index contributed by atoms with van der Waals surface area (Å²) < 4.78 is 83.0. The van der Waals surface area contributed by atoms with E-state index in [1.807, 2.05) is 12.1 Å². The first-order valence-electron chi connectivity index (χ1n) is 11.8. The first-order chi connectivity index (χ1) is 18.4. The van der Waals surface area contributed by atoms with Gasteiger partial charge in [0.05, 0.1) is 23.7 Å². The largest absolute Gasteiger partial charge is 0.416 e. The van der Waals surface area contributed by atoms with Crippen LogP contribution >= 0.6 is 11.6 Å². The van der Waals surface area contributed by atoms with Crippen LogP contribution in [0.1, 0.15) is 51.6 Å². The zero-order chi connectivity index (χ0) is 27.9.